The highest BCUT2D eigenvalue weighted by Gasteiger charge is 2.01. The minimum Gasteiger partial charge on any atom is -0.481 e. The van der Waals surface area contributed by atoms with Crippen molar-refractivity contribution in [1.29, 1.82) is 5.26 Å². The zero-order valence-electron chi connectivity index (χ0n) is 9.24. The number of benzene rings is 1. The van der Waals surface area contributed by atoms with Gasteiger partial charge in [-0.1, -0.05) is 11.6 Å². The molecule has 0 spiro atoms. The summed E-state index contributed by atoms with van der Waals surface area (Å²) in [5.41, 5.74) is 1.28. The molecular weight excluding hydrogens is 240 g/mol. The van der Waals surface area contributed by atoms with Crippen LogP contribution in [0.1, 0.15) is 24.8 Å². The molecule has 0 amide bonds. The number of anilines is 1. The molecule has 0 saturated carbocycles. The van der Waals surface area contributed by atoms with Crippen LogP contribution in [-0.4, -0.2) is 17.6 Å². The van der Waals surface area contributed by atoms with Gasteiger partial charge in [-0.05, 0) is 31.0 Å². The number of hydrogen-bond acceptors (Lipinski definition) is 3. The number of nitrogens with zero attached hydrogens (tertiary/aromatic N) is 1. The Labute approximate surface area is 105 Å². The summed E-state index contributed by atoms with van der Waals surface area (Å²) < 4.78 is 0. The maximum atomic E-state index is 10.3. The van der Waals surface area contributed by atoms with Crippen molar-refractivity contribution in [3.8, 4) is 6.07 Å². The molecule has 0 heterocycles. The van der Waals surface area contributed by atoms with Crippen LogP contribution >= 0.6 is 11.6 Å². The van der Waals surface area contributed by atoms with Gasteiger partial charge in [0.25, 0.3) is 0 Å². The van der Waals surface area contributed by atoms with Gasteiger partial charge in [0.05, 0.1) is 22.3 Å². The summed E-state index contributed by atoms with van der Waals surface area (Å²) in [6, 6.07) is 7.04. The third-order valence-corrected chi connectivity index (χ3v) is 2.54. The van der Waals surface area contributed by atoms with Crippen molar-refractivity contribution in [2.24, 2.45) is 0 Å². The Morgan fingerprint density at radius 1 is 1.47 bits per heavy atom. The minimum absolute atomic E-state index is 0.183. The highest BCUT2D eigenvalue weighted by atomic mass is 35.5. The van der Waals surface area contributed by atoms with Crippen molar-refractivity contribution < 1.29 is 9.90 Å². The summed E-state index contributed by atoms with van der Waals surface area (Å²) in [5.74, 6) is -0.776. The van der Waals surface area contributed by atoms with Crippen molar-refractivity contribution >= 4 is 23.3 Å². The number of aliphatic carboxylic acids is 1. The zero-order valence-corrected chi connectivity index (χ0v) is 10.00. The molecule has 0 bridgehead atoms. The van der Waals surface area contributed by atoms with Gasteiger partial charge in [0.15, 0.2) is 0 Å². The summed E-state index contributed by atoms with van der Waals surface area (Å²) >= 11 is 5.96. The second-order valence-corrected chi connectivity index (χ2v) is 3.99. The second kappa shape index (κ2) is 6.77. The topological polar surface area (TPSA) is 73.1 Å². The fraction of sp³-hybridized carbons (Fsp3) is 0.333. The van der Waals surface area contributed by atoms with E-state index >= 15 is 0 Å². The van der Waals surface area contributed by atoms with Crippen molar-refractivity contribution in [1.82, 2.24) is 0 Å². The average Bonchev–Trinajstić information content (AvgIpc) is 2.30. The van der Waals surface area contributed by atoms with Gasteiger partial charge < -0.3 is 10.4 Å². The van der Waals surface area contributed by atoms with Gasteiger partial charge in [0, 0.05) is 13.0 Å². The monoisotopic (exact) mass is 252 g/mol. The van der Waals surface area contributed by atoms with E-state index in [-0.39, 0.29) is 6.42 Å². The van der Waals surface area contributed by atoms with E-state index in [9.17, 15) is 4.79 Å². The van der Waals surface area contributed by atoms with Crippen molar-refractivity contribution in [2.75, 3.05) is 11.9 Å². The number of halogens is 1. The molecule has 0 aliphatic carbocycles. The molecule has 1 aromatic rings. The average molecular weight is 253 g/mol. The van der Waals surface area contributed by atoms with E-state index in [4.69, 9.17) is 22.0 Å². The van der Waals surface area contributed by atoms with Gasteiger partial charge in [0.1, 0.15) is 0 Å². The maximum absolute atomic E-state index is 10.3. The third-order valence-electron chi connectivity index (χ3n) is 2.23. The molecule has 5 heteroatoms. The van der Waals surface area contributed by atoms with Gasteiger partial charge in [0.2, 0.25) is 0 Å². The number of carboxylic acids is 1. The van der Waals surface area contributed by atoms with Crippen LogP contribution in [0.2, 0.25) is 5.02 Å². The van der Waals surface area contributed by atoms with Crippen molar-refractivity contribution in [2.45, 2.75) is 19.3 Å². The predicted octanol–water partition coefficient (Wildman–Crippen LogP) is 2.88. The largest absolute Gasteiger partial charge is 0.481 e. The second-order valence-electron chi connectivity index (χ2n) is 3.58. The summed E-state index contributed by atoms with van der Waals surface area (Å²) in [6.45, 7) is 0.666. The lowest BCUT2D eigenvalue weighted by Gasteiger charge is -2.07. The molecule has 2 N–H and O–H groups in total. The van der Waals surface area contributed by atoms with Crippen LogP contribution in [0, 0.1) is 11.3 Å². The Balaban J connectivity index is 2.37. The van der Waals surface area contributed by atoms with Crippen LogP contribution in [0.25, 0.3) is 0 Å². The molecule has 0 radical (unpaired) electrons. The lowest BCUT2D eigenvalue weighted by molar-refractivity contribution is -0.137. The van der Waals surface area contributed by atoms with E-state index in [1.54, 1.807) is 18.2 Å². The van der Waals surface area contributed by atoms with Crippen LogP contribution in [0.5, 0.6) is 0 Å². The lowest BCUT2D eigenvalue weighted by Crippen LogP contribution is -2.03. The molecular formula is C12H13ClN2O2. The van der Waals surface area contributed by atoms with Gasteiger partial charge in [-0.25, -0.2) is 0 Å². The number of nitriles is 1. The van der Waals surface area contributed by atoms with Crippen molar-refractivity contribution in [3.05, 3.63) is 28.8 Å². The molecule has 0 fully saturated rings. The first-order valence-electron chi connectivity index (χ1n) is 5.29. The van der Waals surface area contributed by atoms with Crippen LogP contribution in [0.4, 0.5) is 5.69 Å². The molecule has 17 heavy (non-hydrogen) atoms. The van der Waals surface area contributed by atoms with E-state index < -0.39 is 5.97 Å². The van der Waals surface area contributed by atoms with Crippen molar-refractivity contribution in [3.63, 3.8) is 0 Å². The molecule has 0 atom stereocenters. The first kappa shape index (κ1) is 13.3. The summed E-state index contributed by atoms with van der Waals surface area (Å²) in [6.07, 6.45) is 1.58. The Morgan fingerprint density at radius 3 is 2.82 bits per heavy atom. The van der Waals surface area contributed by atoms with E-state index in [0.717, 1.165) is 12.1 Å². The van der Waals surface area contributed by atoms with Gasteiger partial charge in [-0.15, -0.1) is 0 Å². The summed E-state index contributed by atoms with van der Waals surface area (Å²) in [7, 11) is 0. The van der Waals surface area contributed by atoms with Crippen LogP contribution in [0.3, 0.4) is 0 Å². The number of carboxylic acid groups (broad SMARTS) is 1. The Hall–Kier alpha value is -1.73. The highest BCUT2D eigenvalue weighted by Crippen LogP contribution is 2.22. The Bertz CT molecular complexity index is 441. The molecule has 1 rings (SSSR count). The molecule has 0 aromatic heterocycles. The van der Waals surface area contributed by atoms with E-state index in [2.05, 4.69) is 5.32 Å². The molecule has 1 aromatic carbocycles. The van der Waals surface area contributed by atoms with E-state index in [1.807, 2.05) is 6.07 Å². The molecule has 0 aliphatic heterocycles. The fourth-order valence-corrected chi connectivity index (χ4v) is 1.60. The number of unbranched alkanes of at least 4 members (excludes halogenated alkanes) is 1. The number of nitrogens with one attached hydrogen (secondary N) is 1. The Morgan fingerprint density at radius 2 is 2.24 bits per heavy atom. The standard InChI is InChI=1S/C12H13ClN2O2/c13-10-7-9(8-14)4-5-11(10)15-6-2-1-3-12(16)17/h4-5,7,15H,1-3,6H2,(H,16,17). The highest BCUT2D eigenvalue weighted by molar-refractivity contribution is 6.33. The molecule has 0 aliphatic rings. The maximum Gasteiger partial charge on any atom is 0.303 e. The molecule has 4 nitrogen and oxygen atoms in total. The van der Waals surface area contributed by atoms with Crippen LogP contribution in [0.15, 0.2) is 18.2 Å². The Kier molecular flexibility index (Phi) is 5.31. The van der Waals surface area contributed by atoms with Gasteiger partial charge >= 0.3 is 5.97 Å². The molecule has 0 unspecified atom stereocenters. The van der Waals surface area contributed by atoms with E-state index in [0.29, 0.717) is 23.6 Å². The number of carbonyl (C=O) groups is 1. The fourth-order valence-electron chi connectivity index (χ4n) is 1.35. The number of rotatable bonds is 6. The minimum atomic E-state index is -0.776. The van der Waals surface area contributed by atoms with Gasteiger partial charge in [-0.3, -0.25) is 4.79 Å². The quantitative estimate of drug-likeness (QED) is 0.764. The lowest BCUT2D eigenvalue weighted by atomic mass is 10.2. The molecule has 90 valence electrons. The predicted molar refractivity (Wildman–Crippen MR) is 66.1 cm³/mol. The summed E-state index contributed by atoms with van der Waals surface area (Å²) in [5, 5.41) is 20.7. The smallest absolute Gasteiger partial charge is 0.303 e. The first-order valence-corrected chi connectivity index (χ1v) is 5.66. The normalized spacial score (nSPS) is 9.65. The first-order chi connectivity index (χ1) is 8.13. The van der Waals surface area contributed by atoms with E-state index in [1.165, 1.54) is 0 Å². The summed E-state index contributed by atoms with van der Waals surface area (Å²) in [4.78, 5) is 10.3. The SMILES string of the molecule is N#Cc1ccc(NCCCCC(=O)O)c(Cl)c1. The zero-order chi connectivity index (χ0) is 12.7. The third kappa shape index (κ3) is 4.75. The van der Waals surface area contributed by atoms with Crippen LogP contribution in [-0.2, 0) is 4.79 Å². The number of hydrogen-bond donors (Lipinski definition) is 2. The van der Waals surface area contributed by atoms with Gasteiger partial charge in [-0.2, -0.15) is 5.26 Å². The molecule has 0 saturated heterocycles. The van der Waals surface area contributed by atoms with Crippen LogP contribution < -0.4 is 5.32 Å².